The van der Waals surface area contributed by atoms with Crippen LogP contribution in [-0.2, 0) is 9.59 Å². The van der Waals surface area contributed by atoms with Crippen molar-refractivity contribution in [3.8, 4) is 0 Å². The Morgan fingerprint density at radius 3 is 3.00 bits per heavy atom. The van der Waals surface area contributed by atoms with Crippen molar-refractivity contribution in [3.63, 3.8) is 0 Å². The molecule has 0 bridgehead atoms. The van der Waals surface area contributed by atoms with Crippen LogP contribution >= 0.6 is 11.6 Å². The minimum Gasteiger partial charge on any atom is -0.354 e. The average molecular weight is 219 g/mol. The Balaban J connectivity index is 2.51. The molecule has 80 valence electrons. The molecule has 0 aliphatic carbocycles. The maximum Gasteiger partial charge on any atom is 0.226 e. The van der Waals surface area contributed by atoms with Gasteiger partial charge in [-0.1, -0.05) is 6.92 Å². The van der Waals surface area contributed by atoms with Gasteiger partial charge in [-0.3, -0.25) is 9.59 Å². The molecule has 5 heteroatoms. The Labute approximate surface area is 88.6 Å². The number of nitrogens with one attached hydrogen (secondary N) is 1. The summed E-state index contributed by atoms with van der Waals surface area (Å²) in [4.78, 5) is 24.4. The zero-order valence-electron chi connectivity index (χ0n) is 8.25. The predicted molar refractivity (Wildman–Crippen MR) is 54.1 cm³/mol. The first-order valence-corrected chi connectivity index (χ1v) is 5.30. The normalized spacial score (nSPS) is 19.9. The smallest absolute Gasteiger partial charge is 0.226 e. The lowest BCUT2D eigenvalue weighted by Gasteiger charge is -2.22. The molecule has 1 aliphatic rings. The van der Waals surface area contributed by atoms with Crippen molar-refractivity contribution in [1.82, 2.24) is 10.2 Å². The topological polar surface area (TPSA) is 49.4 Å². The van der Waals surface area contributed by atoms with Crippen molar-refractivity contribution < 1.29 is 9.59 Å². The van der Waals surface area contributed by atoms with Crippen LogP contribution in [0.1, 0.15) is 13.3 Å². The fourth-order valence-corrected chi connectivity index (χ4v) is 1.50. The van der Waals surface area contributed by atoms with Gasteiger partial charge in [0.15, 0.2) is 0 Å². The number of hydrogen-bond acceptors (Lipinski definition) is 2. The lowest BCUT2D eigenvalue weighted by atomic mass is 10.2. The highest BCUT2D eigenvalue weighted by molar-refractivity contribution is 6.19. The van der Waals surface area contributed by atoms with E-state index >= 15 is 0 Å². The zero-order chi connectivity index (χ0) is 10.6. The van der Waals surface area contributed by atoms with E-state index in [0.29, 0.717) is 31.9 Å². The maximum absolute atomic E-state index is 11.7. The van der Waals surface area contributed by atoms with Gasteiger partial charge in [0.1, 0.15) is 0 Å². The largest absolute Gasteiger partial charge is 0.354 e. The molecule has 4 nitrogen and oxygen atoms in total. The first-order valence-electron chi connectivity index (χ1n) is 4.76. The lowest BCUT2D eigenvalue weighted by Crippen LogP contribution is -2.38. The van der Waals surface area contributed by atoms with Crippen LogP contribution in [0.15, 0.2) is 0 Å². The number of nitrogens with zero attached hydrogens (tertiary/aromatic N) is 1. The lowest BCUT2D eigenvalue weighted by molar-refractivity contribution is -0.134. The van der Waals surface area contributed by atoms with Crippen LogP contribution in [0.2, 0.25) is 0 Å². The van der Waals surface area contributed by atoms with Gasteiger partial charge < -0.3 is 10.2 Å². The number of rotatable bonds is 2. The Morgan fingerprint density at radius 2 is 2.36 bits per heavy atom. The van der Waals surface area contributed by atoms with Crippen LogP contribution in [0.25, 0.3) is 0 Å². The minimum atomic E-state index is -0.162. The number of amides is 2. The molecule has 1 heterocycles. The average Bonchev–Trinajstić information content (AvgIpc) is 2.40. The second-order valence-electron chi connectivity index (χ2n) is 3.48. The minimum absolute atomic E-state index is 0.0128. The molecule has 1 fully saturated rings. The highest BCUT2D eigenvalue weighted by Crippen LogP contribution is 2.06. The van der Waals surface area contributed by atoms with Gasteiger partial charge >= 0.3 is 0 Å². The second kappa shape index (κ2) is 5.20. The Morgan fingerprint density at radius 1 is 1.64 bits per heavy atom. The van der Waals surface area contributed by atoms with Crippen molar-refractivity contribution in [2.24, 2.45) is 5.92 Å². The molecule has 0 radical (unpaired) electrons. The Bertz CT molecular complexity index is 233. The number of alkyl halides is 1. The third kappa shape index (κ3) is 2.87. The van der Waals surface area contributed by atoms with Gasteiger partial charge in [-0.05, 0) is 0 Å². The molecule has 0 spiro atoms. The SMILES string of the molecule is CC(CCl)C(=O)N1CCNC(=O)CC1. The Hall–Kier alpha value is -0.770. The molecule has 1 N–H and O–H groups in total. The van der Waals surface area contributed by atoms with Crippen molar-refractivity contribution in [2.75, 3.05) is 25.5 Å². The van der Waals surface area contributed by atoms with Crippen molar-refractivity contribution in [1.29, 1.82) is 0 Å². The van der Waals surface area contributed by atoms with Gasteiger partial charge in [-0.15, -0.1) is 11.6 Å². The first kappa shape index (κ1) is 11.3. The summed E-state index contributed by atoms with van der Waals surface area (Å²) in [6.45, 7) is 3.44. The van der Waals surface area contributed by atoms with E-state index in [4.69, 9.17) is 11.6 Å². The van der Waals surface area contributed by atoms with Crippen LogP contribution < -0.4 is 5.32 Å². The molecule has 0 saturated carbocycles. The number of halogens is 1. The molecule has 1 atom stereocenters. The van der Waals surface area contributed by atoms with E-state index in [9.17, 15) is 9.59 Å². The summed E-state index contributed by atoms with van der Waals surface area (Å²) < 4.78 is 0. The quantitative estimate of drug-likeness (QED) is 0.674. The van der Waals surface area contributed by atoms with Gasteiger partial charge in [0, 0.05) is 37.9 Å². The second-order valence-corrected chi connectivity index (χ2v) is 3.79. The van der Waals surface area contributed by atoms with E-state index in [1.165, 1.54) is 0 Å². The fraction of sp³-hybridized carbons (Fsp3) is 0.778. The summed E-state index contributed by atoms with van der Waals surface area (Å²) in [7, 11) is 0. The molecule has 2 amide bonds. The van der Waals surface area contributed by atoms with Gasteiger partial charge in [0.25, 0.3) is 0 Å². The van der Waals surface area contributed by atoms with E-state index in [1.54, 1.807) is 11.8 Å². The predicted octanol–water partition coefficient (Wildman–Crippen LogP) is 0.210. The molecule has 0 aromatic carbocycles. The summed E-state index contributed by atoms with van der Waals surface area (Å²) in [6.07, 6.45) is 0.390. The molecule has 0 aromatic heterocycles. The summed E-state index contributed by atoms with van der Waals surface area (Å²) in [5.41, 5.74) is 0. The highest BCUT2D eigenvalue weighted by Gasteiger charge is 2.22. The van der Waals surface area contributed by atoms with Crippen LogP contribution in [-0.4, -0.2) is 42.2 Å². The maximum atomic E-state index is 11.7. The van der Waals surface area contributed by atoms with Gasteiger partial charge in [0.05, 0.1) is 0 Å². The third-order valence-electron chi connectivity index (χ3n) is 2.28. The molecular weight excluding hydrogens is 204 g/mol. The van der Waals surface area contributed by atoms with E-state index < -0.39 is 0 Å². The van der Waals surface area contributed by atoms with Crippen LogP contribution in [0.5, 0.6) is 0 Å². The number of carbonyl (C=O) groups is 2. The first-order chi connectivity index (χ1) is 6.65. The molecule has 14 heavy (non-hydrogen) atoms. The standard InChI is InChI=1S/C9H15ClN2O2/c1-7(6-10)9(14)12-4-2-8(13)11-3-5-12/h7H,2-6H2,1H3,(H,11,13). The molecule has 1 rings (SSSR count). The van der Waals surface area contributed by atoms with E-state index in [2.05, 4.69) is 5.32 Å². The fourth-order valence-electron chi connectivity index (χ4n) is 1.37. The van der Waals surface area contributed by atoms with Crippen molar-refractivity contribution in [3.05, 3.63) is 0 Å². The van der Waals surface area contributed by atoms with Crippen LogP contribution in [0.4, 0.5) is 0 Å². The van der Waals surface area contributed by atoms with Crippen LogP contribution in [0, 0.1) is 5.92 Å². The number of hydrogen-bond donors (Lipinski definition) is 1. The monoisotopic (exact) mass is 218 g/mol. The zero-order valence-corrected chi connectivity index (χ0v) is 9.01. The van der Waals surface area contributed by atoms with E-state index in [0.717, 1.165) is 0 Å². The highest BCUT2D eigenvalue weighted by atomic mass is 35.5. The molecule has 1 aliphatic heterocycles. The van der Waals surface area contributed by atoms with Gasteiger partial charge in [0.2, 0.25) is 11.8 Å². The summed E-state index contributed by atoms with van der Waals surface area (Å²) in [5.74, 6) is 0.219. The molecule has 1 saturated heterocycles. The third-order valence-corrected chi connectivity index (χ3v) is 2.74. The van der Waals surface area contributed by atoms with E-state index in [1.807, 2.05) is 0 Å². The van der Waals surface area contributed by atoms with Gasteiger partial charge in [-0.2, -0.15) is 0 Å². The molecule has 0 aromatic rings. The summed E-state index contributed by atoms with van der Waals surface area (Å²) in [6, 6.07) is 0. The molecular formula is C9H15ClN2O2. The van der Waals surface area contributed by atoms with Gasteiger partial charge in [-0.25, -0.2) is 0 Å². The van der Waals surface area contributed by atoms with Crippen molar-refractivity contribution >= 4 is 23.4 Å². The summed E-state index contributed by atoms with van der Waals surface area (Å²) >= 11 is 5.61. The Kier molecular flexibility index (Phi) is 4.20. The molecule has 1 unspecified atom stereocenters. The summed E-state index contributed by atoms with van der Waals surface area (Å²) in [5, 5.41) is 2.72. The van der Waals surface area contributed by atoms with Crippen LogP contribution in [0.3, 0.4) is 0 Å². The van der Waals surface area contributed by atoms with Crippen molar-refractivity contribution in [2.45, 2.75) is 13.3 Å². The number of carbonyl (C=O) groups excluding carboxylic acids is 2. The van der Waals surface area contributed by atoms with E-state index in [-0.39, 0.29) is 17.7 Å².